The minimum Gasteiger partial charge on any atom is -0.398 e. The van der Waals surface area contributed by atoms with Gasteiger partial charge >= 0.3 is 0 Å². The third-order valence-corrected chi connectivity index (χ3v) is 2.00. The Bertz CT molecular complexity index is 297. The van der Waals surface area contributed by atoms with Crippen molar-refractivity contribution in [3.05, 3.63) is 41.4 Å². The van der Waals surface area contributed by atoms with E-state index < -0.39 is 0 Å². The van der Waals surface area contributed by atoms with Gasteiger partial charge in [-0.25, -0.2) is 0 Å². The van der Waals surface area contributed by atoms with Gasteiger partial charge < -0.3 is 11.5 Å². The van der Waals surface area contributed by atoms with Gasteiger partial charge in [0.05, 0.1) is 10.7 Å². The molecule has 0 saturated heterocycles. The smallest absolute Gasteiger partial charge is 0.0635 e. The van der Waals surface area contributed by atoms with Crippen molar-refractivity contribution in [2.45, 2.75) is 6.04 Å². The summed E-state index contributed by atoms with van der Waals surface area (Å²) in [4.78, 5) is 0. The van der Waals surface area contributed by atoms with Crippen LogP contribution in [0.25, 0.3) is 0 Å². The summed E-state index contributed by atoms with van der Waals surface area (Å²) in [6, 6.07) is 5.15. The van der Waals surface area contributed by atoms with Crippen molar-refractivity contribution in [1.82, 2.24) is 0 Å². The summed E-state index contributed by atoms with van der Waals surface area (Å²) in [6.07, 6.45) is 1.66. The molecule has 0 amide bonds. The summed E-state index contributed by atoms with van der Waals surface area (Å²) in [5.41, 5.74) is 12.8. The van der Waals surface area contributed by atoms with Crippen LogP contribution in [0.15, 0.2) is 30.9 Å². The maximum atomic E-state index is 5.74. The molecule has 0 radical (unpaired) electrons. The zero-order valence-corrected chi connectivity index (χ0v) is 7.38. The van der Waals surface area contributed by atoms with Gasteiger partial charge in [-0.2, -0.15) is 0 Å². The lowest BCUT2D eigenvalue weighted by molar-refractivity contribution is 0.915. The summed E-state index contributed by atoms with van der Waals surface area (Å²) >= 11 is 5.74. The maximum Gasteiger partial charge on any atom is 0.0635 e. The van der Waals surface area contributed by atoms with E-state index in [4.69, 9.17) is 23.1 Å². The number of rotatable bonds is 2. The minimum absolute atomic E-state index is 0.176. The molecule has 0 bridgehead atoms. The lowest BCUT2D eigenvalue weighted by Gasteiger charge is -2.07. The summed E-state index contributed by atoms with van der Waals surface area (Å²) in [6.45, 7) is 3.59. The Morgan fingerprint density at radius 2 is 2.17 bits per heavy atom. The molecule has 0 spiro atoms. The fourth-order valence-corrected chi connectivity index (χ4v) is 1.02. The van der Waals surface area contributed by atoms with E-state index in [0.717, 1.165) is 5.56 Å². The van der Waals surface area contributed by atoms with E-state index in [-0.39, 0.29) is 6.04 Å². The van der Waals surface area contributed by atoms with Crippen LogP contribution in [-0.2, 0) is 0 Å². The maximum absolute atomic E-state index is 5.74. The number of nitrogens with two attached hydrogens (primary N) is 2. The van der Waals surface area contributed by atoms with Gasteiger partial charge in [0.2, 0.25) is 0 Å². The third kappa shape index (κ3) is 1.78. The van der Waals surface area contributed by atoms with E-state index in [1.807, 2.05) is 6.07 Å². The SMILES string of the molecule is C=CC(N)c1ccc(Cl)c(N)c1. The molecule has 0 saturated carbocycles. The summed E-state index contributed by atoms with van der Waals surface area (Å²) in [5, 5.41) is 0.551. The van der Waals surface area contributed by atoms with Gasteiger partial charge in [0.15, 0.2) is 0 Å². The highest BCUT2D eigenvalue weighted by Crippen LogP contribution is 2.22. The monoisotopic (exact) mass is 182 g/mol. The number of hydrogen-bond acceptors (Lipinski definition) is 2. The minimum atomic E-state index is -0.176. The largest absolute Gasteiger partial charge is 0.398 e. The molecule has 1 atom stereocenters. The predicted octanol–water partition coefficient (Wildman–Crippen LogP) is 2.11. The average molecular weight is 183 g/mol. The Morgan fingerprint density at radius 1 is 1.50 bits per heavy atom. The second kappa shape index (κ2) is 3.61. The zero-order chi connectivity index (χ0) is 9.14. The first-order chi connectivity index (χ1) is 5.65. The van der Waals surface area contributed by atoms with Crippen LogP contribution in [0.4, 0.5) is 5.69 Å². The molecule has 0 heterocycles. The average Bonchev–Trinajstić information content (AvgIpc) is 2.08. The highest BCUT2D eigenvalue weighted by molar-refractivity contribution is 6.33. The molecule has 0 aliphatic carbocycles. The molecular formula is C9H11ClN2. The van der Waals surface area contributed by atoms with Gasteiger partial charge in [-0.15, -0.1) is 6.58 Å². The first kappa shape index (κ1) is 9.10. The van der Waals surface area contributed by atoms with Crippen LogP contribution >= 0.6 is 11.6 Å². The van der Waals surface area contributed by atoms with Crippen LogP contribution < -0.4 is 11.5 Å². The fourth-order valence-electron chi connectivity index (χ4n) is 0.906. The zero-order valence-electron chi connectivity index (χ0n) is 6.63. The van der Waals surface area contributed by atoms with Crippen LogP contribution in [-0.4, -0.2) is 0 Å². The molecule has 1 aromatic carbocycles. The number of hydrogen-bond donors (Lipinski definition) is 2. The highest BCUT2D eigenvalue weighted by atomic mass is 35.5. The number of anilines is 1. The van der Waals surface area contributed by atoms with Gasteiger partial charge in [0.1, 0.15) is 0 Å². The van der Waals surface area contributed by atoms with Crippen LogP contribution in [0.5, 0.6) is 0 Å². The molecule has 1 unspecified atom stereocenters. The first-order valence-electron chi connectivity index (χ1n) is 3.58. The summed E-state index contributed by atoms with van der Waals surface area (Å²) in [7, 11) is 0. The second-order valence-corrected chi connectivity index (χ2v) is 2.95. The van der Waals surface area contributed by atoms with Gasteiger partial charge in [-0.05, 0) is 17.7 Å². The molecule has 0 aromatic heterocycles. The van der Waals surface area contributed by atoms with E-state index in [9.17, 15) is 0 Å². The van der Waals surface area contributed by atoms with Crippen LogP contribution in [0.1, 0.15) is 11.6 Å². The number of nitrogen functional groups attached to an aromatic ring is 1. The van der Waals surface area contributed by atoms with Gasteiger partial charge in [-0.3, -0.25) is 0 Å². The van der Waals surface area contributed by atoms with Crippen molar-refractivity contribution < 1.29 is 0 Å². The van der Waals surface area contributed by atoms with E-state index in [1.165, 1.54) is 0 Å². The standard InChI is InChI=1S/C9H11ClN2/c1-2-8(11)6-3-4-7(10)9(12)5-6/h2-5,8H,1,11-12H2. The lowest BCUT2D eigenvalue weighted by Crippen LogP contribution is -2.06. The fraction of sp³-hybridized carbons (Fsp3) is 0.111. The van der Waals surface area contributed by atoms with E-state index in [1.54, 1.807) is 18.2 Å². The van der Waals surface area contributed by atoms with Crippen LogP contribution in [0.2, 0.25) is 5.02 Å². The second-order valence-electron chi connectivity index (χ2n) is 2.54. The third-order valence-electron chi connectivity index (χ3n) is 1.66. The highest BCUT2D eigenvalue weighted by Gasteiger charge is 2.02. The molecule has 0 aliphatic heterocycles. The van der Waals surface area contributed by atoms with Gasteiger partial charge in [-0.1, -0.05) is 23.7 Å². The van der Waals surface area contributed by atoms with Gasteiger partial charge in [0.25, 0.3) is 0 Å². The molecule has 1 rings (SSSR count). The Hall–Kier alpha value is -0.990. The topological polar surface area (TPSA) is 52.0 Å². The van der Waals surface area contributed by atoms with Crippen LogP contribution in [0.3, 0.4) is 0 Å². The molecule has 0 fully saturated rings. The van der Waals surface area contributed by atoms with E-state index in [2.05, 4.69) is 6.58 Å². The molecule has 0 aliphatic rings. The Kier molecular flexibility index (Phi) is 2.74. The molecule has 3 heteroatoms. The van der Waals surface area contributed by atoms with E-state index in [0.29, 0.717) is 10.7 Å². The summed E-state index contributed by atoms with van der Waals surface area (Å²) < 4.78 is 0. The van der Waals surface area contributed by atoms with Crippen molar-refractivity contribution >= 4 is 17.3 Å². The van der Waals surface area contributed by atoms with Gasteiger partial charge in [0, 0.05) is 6.04 Å². The Balaban J connectivity index is 3.04. The lowest BCUT2D eigenvalue weighted by atomic mass is 10.1. The Labute approximate surface area is 76.8 Å². The molecule has 1 aromatic rings. The van der Waals surface area contributed by atoms with E-state index >= 15 is 0 Å². The first-order valence-corrected chi connectivity index (χ1v) is 3.96. The summed E-state index contributed by atoms with van der Waals surface area (Å²) in [5.74, 6) is 0. The van der Waals surface area contributed by atoms with Crippen molar-refractivity contribution in [3.8, 4) is 0 Å². The molecule has 12 heavy (non-hydrogen) atoms. The normalized spacial score (nSPS) is 12.5. The van der Waals surface area contributed by atoms with Crippen molar-refractivity contribution in [1.29, 1.82) is 0 Å². The number of halogens is 1. The van der Waals surface area contributed by atoms with Crippen molar-refractivity contribution in [2.24, 2.45) is 5.73 Å². The molecule has 64 valence electrons. The van der Waals surface area contributed by atoms with Crippen LogP contribution in [0, 0.1) is 0 Å². The predicted molar refractivity (Wildman–Crippen MR) is 53.0 cm³/mol. The van der Waals surface area contributed by atoms with Crippen molar-refractivity contribution in [2.75, 3.05) is 5.73 Å². The molecule has 4 N–H and O–H groups in total. The molecular weight excluding hydrogens is 172 g/mol. The van der Waals surface area contributed by atoms with Crippen molar-refractivity contribution in [3.63, 3.8) is 0 Å². The quantitative estimate of drug-likeness (QED) is 0.544. The number of benzene rings is 1. The molecule has 2 nitrogen and oxygen atoms in total. The Morgan fingerprint density at radius 3 is 2.67 bits per heavy atom.